The van der Waals surface area contributed by atoms with Gasteiger partial charge in [0.25, 0.3) is 0 Å². The van der Waals surface area contributed by atoms with E-state index in [-0.39, 0.29) is 6.04 Å². The summed E-state index contributed by atoms with van der Waals surface area (Å²) in [5, 5.41) is 0. The van der Waals surface area contributed by atoms with Crippen LogP contribution in [0.25, 0.3) is 0 Å². The van der Waals surface area contributed by atoms with Gasteiger partial charge in [-0.05, 0) is 54.8 Å². The first-order valence-electron chi connectivity index (χ1n) is 8.23. The number of rotatable bonds is 3. The standard InChI is InChI=1S/C18H18BrNO4S/c19-14-4-6-15(7-5-14)25(21,22)20-9-1-2-16(20)13-3-8-17-18(12-13)24-11-10-23-17/h3-8,12,16H,1-2,9-11H2/t16-/m0/s1. The highest BCUT2D eigenvalue weighted by molar-refractivity contribution is 9.10. The summed E-state index contributed by atoms with van der Waals surface area (Å²) in [6.45, 7) is 1.58. The molecule has 2 aromatic rings. The van der Waals surface area contributed by atoms with Gasteiger partial charge in [-0.1, -0.05) is 22.0 Å². The van der Waals surface area contributed by atoms with Crippen LogP contribution in [0.5, 0.6) is 11.5 Å². The molecule has 4 rings (SSSR count). The van der Waals surface area contributed by atoms with Gasteiger partial charge < -0.3 is 9.47 Å². The van der Waals surface area contributed by atoms with Crippen LogP contribution in [-0.4, -0.2) is 32.5 Å². The van der Waals surface area contributed by atoms with E-state index in [1.54, 1.807) is 28.6 Å². The summed E-state index contributed by atoms with van der Waals surface area (Å²) in [6.07, 6.45) is 1.64. The molecule has 2 aliphatic rings. The Hall–Kier alpha value is -1.57. The number of nitrogens with zero attached hydrogens (tertiary/aromatic N) is 1. The van der Waals surface area contributed by atoms with Crippen LogP contribution in [0.1, 0.15) is 24.4 Å². The Bertz CT molecular complexity index is 882. The van der Waals surface area contributed by atoms with Crippen molar-refractivity contribution in [1.29, 1.82) is 0 Å². The van der Waals surface area contributed by atoms with Gasteiger partial charge in [0, 0.05) is 11.0 Å². The maximum absolute atomic E-state index is 13.1. The van der Waals surface area contributed by atoms with E-state index in [2.05, 4.69) is 15.9 Å². The molecule has 0 amide bonds. The van der Waals surface area contributed by atoms with Crippen LogP contribution in [0.2, 0.25) is 0 Å². The van der Waals surface area contributed by atoms with Crippen LogP contribution in [0.4, 0.5) is 0 Å². The molecule has 1 fully saturated rings. The monoisotopic (exact) mass is 423 g/mol. The Morgan fingerprint density at radius 3 is 2.48 bits per heavy atom. The van der Waals surface area contributed by atoms with Gasteiger partial charge in [0.1, 0.15) is 13.2 Å². The first kappa shape index (κ1) is 16.9. The second kappa shape index (κ2) is 6.63. The van der Waals surface area contributed by atoms with Crippen molar-refractivity contribution in [1.82, 2.24) is 4.31 Å². The molecular weight excluding hydrogens is 406 g/mol. The van der Waals surface area contributed by atoms with Crippen LogP contribution in [0, 0.1) is 0 Å². The van der Waals surface area contributed by atoms with E-state index in [1.165, 1.54) is 0 Å². The van der Waals surface area contributed by atoms with Crippen LogP contribution in [0.15, 0.2) is 51.8 Å². The third kappa shape index (κ3) is 3.16. The predicted octanol–water partition coefficient (Wildman–Crippen LogP) is 3.75. The zero-order valence-corrected chi connectivity index (χ0v) is 15.9. The average Bonchev–Trinajstić information content (AvgIpc) is 3.12. The van der Waals surface area contributed by atoms with Gasteiger partial charge in [-0.25, -0.2) is 8.42 Å². The Morgan fingerprint density at radius 2 is 1.72 bits per heavy atom. The molecule has 132 valence electrons. The number of fused-ring (bicyclic) bond motifs is 1. The number of ether oxygens (including phenoxy) is 2. The molecule has 25 heavy (non-hydrogen) atoms. The molecule has 0 spiro atoms. The zero-order valence-electron chi connectivity index (χ0n) is 13.5. The zero-order chi connectivity index (χ0) is 17.4. The molecule has 0 saturated carbocycles. The summed E-state index contributed by atoms with van der Waals surface area (Å²) < 4.78 is 39.8. The van der Waals surface area contributed by atoms with Crippen LogP contribution < -0.4 is 9.47 Å². The lowest BCUT2D eigenvalue weighted by atomic mass is 10.0. The molecular formula is C18H18BrNO4S. The van der Waals surface area contributed by atoms with Crippen molar-refractivity contribution in [2.75, 3.05) is 19.8 Å². The van der Waals surface area contributed by atoms with Crippen molar-refractivity contribution in [3.05, 3.63) is 52.5 Å². The van der Waals surface area contributed by atoms with Gasteiger partial charge in [0.15, 0.2) is 11.5 Å². The maximum atomic E-state index is 13.1. The minimum Gasteiger partial charge on any atom is -0.486 e. The highest BCUT2D eigenvalue weighted by Gasteiger charge is 2.36. The lowest BCUT2D eigenvalue weighted by Crippen LogP contribution is -2.30. The summed E-state index contributed by atoms with van der Waals surface area (Å²) in [4.78, 5) is 0.320. The van der Waals surface area contributed by atoms with Crippen molar-refractivity contribution in [3.8, 4) is 11.5 Å². The van der Waals surface area contributed by atoms with Crippen molar-refractivity contribution in [2.24, 2.45) is 0 Å². The number of benzene rings is 2. The Kier molecular flexibility index (Phi) is 4.47. The van der Waals surface area contributed by atoms with Crippen molar-refractivity contribution in [3.63, 3.8) is 0 Å². The average molecular weight is 424 g/mol. The van der Waals surface area contributed by atoms with E-state index in [0.717, 1.165) is 28.6 Å². The fourth-order valence-electron chi connectivity index (χ4n) is 3.37. The molecule has 0 aliphatic carbocycles. The van der Waals surface area contributed by atoms with E-state index < -0.39 is 10.0 Å². The van der Waals surface area contributed by atoms with Crippen LogP contribution >= 0.6 is 15.9 Å². The summed E-state index contributed by atoms with van der Waals surface area (Å²) in [5.74, 6) is 1.41. The molecule has 2 aromatic carbocycles. The van der Waals surface area contributed by atoms with E-state index in [0.29, 0.717) is 30.4 Å². The summed E-state index contributed by atoms with van der Waals surface area (Å²) >= 11 is 3.35. The maximum Gasteiger partial charge on any atom is 0.243 e. The van der Waals surface area contributed by atoms with Crippen molar-refractivity contribution in [2.45, 2.75) is 23.8 Å². The minimum atomic E-state index is -3.53. The molecule has 5 nitrogen and oxygen atoms in total. The molecule has 1 saturated heterocycles. The molecule has 0 bridgehead atoms. The fraction of sp³-hybridized carbons (Fsp3) is 0.333. The smallest absolute Gasteiger partial charge is 0.243 e. The van der Waals surface area contributed by atoms with Gasteiger partial charge in [-0.3, -0.25) is 0 Å². The molecule has 0 unspecified atom stereocenters. The molecule has 0 aromatic heterocycles. The third-order valence-electron chi connectivity index (χ3n) is 4.57. The highest BCUT2D eigenvalue weighted by Crippen LogP contribution is 2.40. The first-order chi connectivity index (χ1) is 12.1. The second-order valence-electron chi connectivity index (χ2n) is 6.13. The lowest BCUT2D eigenvalue weighted by Gasteiger charge is -2.26. The number of hydrogen-bond acceptors (Lipinski definition) is 4. The SMILES string of the molecule is O=S(=O)(c1ccc(Br)cc1)N1CCC[C@H]1c1ccc2c(c1)OCCO2. The Morgan fingerprint density at radius 1 is 1.00 bits per heavy atom. The molecule has 0 radical (unpaired) electrons. The lowest BCUT2D eigenvalue weighted by molar-refractivity contribution is 0.171. The second-order valence-corrected chi connectivity index (χ2v) is 8.94. The number of halogens is 1. The van der Waals surface area contributed by atoms with Gasteiger partial charge >= 0.3 is 0 Å². The van der Waals surface area contributed by atoms with E-state index >= 15 is 0 Å². The summed E-state index contributed by atoms with van der Waals surface area (Å²) in [5.41, 5.74) is 0.947. The van der Waals surface area contributed by atoms with E-state index in [9.17, 15) is 8.42 Å². The molecule has 2 heterocycles. The highest BCUT2D eigenvalue weighted by atomic mass is 79.9. The quantitative estimate of drug-likeness (QED) is 0.754. The van der Waals surface area contributed by atoms with Crippen molar-refractivity contribution < 1.29 is 17.9 Å². The summed E-state index contributed by atoms with van der Waals surface area (Å²) in [7, 11) is -3.53. The van der Waals surface area contributed by atoms with Gasteiger partial charge in [-0.15, -0.1) is 0 Å². The van der Waals surface area contributed by atoms with E-state index in [1.807, 2.05) is 18.2 Å². The normalized spacial score (nSPS) is 20.6. The van der Waals surface area contributed by atoms with Gasteiger partial charge in [0.05, 0.1) is 10.9 Å². The Balaban J connectivity index is 1.67. The molecule has 0 N–H and O–H groups in total. The predicted molar refractivity (Wildman–Crippen MR) is 97.4 cm³/mol. The first-order valence-corrected chi connectivity index (χ1v) is 10.5. The van der Waals surface area contributed by atoms with Gasteiger partial charge in [-0.2, -0.15) is 4.31 Å². The molecule has 7 heteroatoms. The Labute approximate surface area is 155 Å². The topological polar surface area (TPSA) is 55.8 Å². The van der Waals surface area contributed by atoms with Gasteiger partial charge in [0.2, 0.25) is 10.0 Å². The van der Waals surface area contributed by atoms with Crippen LogP contribution in [-0.2, 0) is 10.0 Å². The largest absolute Gasteiger partial charge is 0.486 e. The van der Waals surface area contributed by atoms with E-state index in [4.69, 9.17) is 9.47 Å². The van der Waals surface area contributed by atoms with Crippen molar-refractivity contribution >= 4 is 26.0 Å². The third-order valence-corrected chi connectivity index (χ3v) is 7.03. The molecule has 1 atom stereocenters. The summed E-state index contributed by atoms with van der Waals surface area (Å²) in [6, 6.07) is 12.3. The number of hydrogen-bond donors (Lipinski definition) is 0. The number of sulfonamides is 1. The minimum absolute atomic E-state index is 0.176. The van der Waals surface area contributed by atoms with Crippen LogP contribution in [0.3, 0.4) is 0 Å². The molecule has 2 aliphatic heterocycles. The fourth-order valence-corrected chi connectivity index (χ4v) is 5.32.